The van der Waals surface area contributed by atoms with E-state index in [9.17, 15) is 4.79 Å². The molecule has 1 atom stereocenters. The Morgan fingerprint density at radius 3 is 2.81 bits per heavy atom. The number of hydrogen-bond donors (Lipinski definition) is 1. The first-order valence-corrected chi connectivity index (χ1v) is 6.07. The van der Waals surface area contributed by atoms with Crippen LogP contribution in [-0.4, -0.2) is 47.3 Å². The number of carbonyl (C=O) groups is 1. The second-order valence-corrected chi connectivity index (χ2v) is 4.97. The summed E-state index contributed by atoms with van der Waals surface area (Å²) in [5, 5.41) is 9.04. The third kappa shape index (κ3) is 3.76. The summed E-state index contributed by atoms with van der Waals surface area (Å²) in [5.41, 5.74) is -0.152. The first-order chi connectivity index (χ1) is 7.46. The van der Waals surface area contributed by atoms with Gasteiger partial charge in [0, 0.05) is 13.2 Å². The van der Waals surface area contributed by atoms with Crippen molar-refractivity contribution >= 4 is 5.97 Å². The van der Waals surface area contributed by atoms with E-state index in [4.69, 9.17) is 9.84 Å². The molecule has 0 radical (unpaired) electrons. The van der Waals surface area contributed by atoms with E-state index in [0.717, 1.165) is 32.4 Å². The Morgan fingerprint density at radius 1 is 1.56 bits per heavy atom. The lowest BCUT2D eigenvalue weighted by Crippen LogP contribution is -2.39. The molecule has 0 amide bonds. The van der Waals surface area contributed by atoms with Crippen LogP contribution in [0.1, 0.15) is 40.0 Å². The molecule has 0 aromatic heterocycles. The van der Waals surface area contributed by atoms with Crippen LogP contribution in [0, 0.1) is 0 Å². The Morgan fingerprint density at radius 2 is 2.25 bits per heavy atom. The fourth-order valence-electron chi connectivity index (χ4n) is 2.25. The van der Waals surface area contributed by atoms with Gasteiger partial charge in [0.15, 0.2) is 0 Å². The number of ether oxygens (including phenoxy) is 1. The Hall–Kier alpha value is -0.610. The minimum absolute atomic E-state index is 0.152. The van der Waals surface area contributed by atoms with Gasteiger partial charge in [-0.1, -0.05) is 0 Å². The van der Waals surface area contributed by atoms with Crippen LogP contribution in [0.15, 0.2) is 0 Å². The normalized spacial score (nSPS) is 22.6. The van der Waals surface area contributed by atoms with Crippen molar-refractivity contribution in [3.8, 4) is 0 Å². The highest BCUT2D eigenvalue weighted by Crippen LogP contribution is 2.21. The molecule has 0 aliphatic carbocycles. The topological polar surface area (TPSA) is 49.8 Å². The van der Waals surface area contributed by atoms with Crippen molar-refractivity contribution in [3.63, 3.8) is 0 Å². The van der Waals surface area contributed by atoms with Gasteiger partial charge in [0.05, 0.1) is 5.60 Å². The molecule has 1 rings (SSSR count). The minimum Gasteiger partial charge on any atom is -0.480 e. The summed E-state index contributed by atoms with van der Waals surface area (Å²) in [6, 6.07) is -0.280. The summed E-state index contributed by atoms with van der Waals surface area (Å²) < 4.78 is 5.61. The number of carboxylic acid groups (broad SMARTS) is 1. The summed E-state index contributed by atoms with van der Waals surface area (Å²) in [4.78, 5) is 13.0. The van der Waals surface area contributed by atoms with E-state index in [1.165, 1.54) is 0 Å². The van der Waals surface area contributed by atoms with Crippen LogP contribution >= 0.6 is 0 Å². The summed E-state index contributed by atoms with van der Waals surface area (Å²) in [7, 11) is 0. The average molecular weight is 229 g/mol. The van der Waals surface area contributed by atoms with E-state index in [2.05, 4.69) is 18.7 Å². The van der Waals surface area contributed by atoms with Crippen LogP contribution in [0.25, 0.3) is 0 Å². The van der Waals surface area contributed by atoms with Gasteiger partial charge in [0.2, 0.25) is 0 Å². The molecule has 1 unspecified atom stereocenters. The van der Waals surface area contributed by atoms with Gasteiger partial charge in [-0.25, -0.2) is 0 Å². The van der Waals surface area contributed by atoms with Gasteiger partial charge in [-0.05, 0) is 46.6 Å². The van der Waals surface area contributed by atoms with E-state index in [-0.39, 0.29) is 11.6 Å². The molecule has 1 fully saturated rings. The third-order valence-electron chi connectivity index (χ3n) is 3.18. The van der Waals surface area contributed by atoms with Crippen molar-refractivity contribution in [3.05, 3.63) is 0 Å². The van der Waals surface area contributed by atoms with Crippen molar-refractivity contribution in [2.75, 3.05) is 19.7 Å². The van der Waals surface area contributed by atoms with Crippen LogP contribution in [0.2, 0.25) is 0 Å². The molecular formula is C12H23NO3. The zero-order valence-electron chi connectivity index (χ0n) is 10.5. The number of hydrogen-bond acceptors (Lipinski definition) is 3. The molecule has 0 spiro atoms. The number of likely N-dealkylation sites (tertiary alicyclic amines) is 1. The second-order valence-electron chi connectivity index (χ2n) is 4.97. The van der Waals surface area contributed by atoms with Gasteiger partial charge in [-0.3, -0.25) is 9.69 Å². The molecule has 0 bridgehead atoms. The third-order valence-corrected chi connectivity index (χ3v) is 3.18. The minimum atomic E-state index is -0.688. The molecule has 1 N–H and O–H groups in total. The molecule has 1 aliphatic rings. The van der Waals surface area contributed by atoms with Crippen molar-refractivity contribution in [2.45, 2.75) is 51.7 Å². The fourth-order valence-corrected chi connectivity index (χ4v) is 2.25. The first kappa shape index (κ1) is 13.5. The Labute approximate surface area is 97.6 Å². The lowest BCUT2D eigenvalue weighted by atomic mass is 10.0. The first-order valence-electron chi connectivity index (χ1n) is 6.07. The van der Waals surface area contributed by atoms with E-state index in [0.29, 0.717) is 6.61 Å². The molecule has 0 aromatic carbocycles. The molecule has 0 saturated carbocycles. The van der Waals surface area contributed by atoms with Crippen molar-refractivity contribution in [1.29, 1.82) is 0 Å². The highest BCUT2D eigenvalue weighted by molar-refractivity contribution is 5.73. The maximum Gasteiger partial charge on any atom is 0.320 e. The molecule has 0 aromatic rings. The maximum atomic E-state index is 11.0. The number of nitrogens with zero attached hydrogens (tertiary/aromatic N) is 1. The standard InChI is InChI=1S/C12H23NO3/c1-4-16-12(2,3)7-9-13-8-5-6-10(13)11(14)15/h10H,4-9H2,1-3H3,(H,14,15). The van der Waals surface area contributed by atoms with Crippen molar-refractivity contribution in [1.82, 2.24) is 4.90 Å². The van der Waals surface area contributed by atoms with Crippen LogP contribution in [0.5, 0.6) is 0 Å². The second kappa shape index (κ2) is 5.64. The van der Waals surface area contributed by atoms with E-state index >= 15 is 0 Å². The molecule has 1 saturated heterocycles. The van der Waals surface area contributed by atoms with Crippen LogP contribution in [0.3, 0.4) is 0 Å². The van der Waals surface area contributed by atoms with E-state index < -0.39 is 5.97 Å². The number of rotatable bonds is 6. The van der Waals surface area contributed by atoms with Gasteiger partial charge >= 0.3 is 5.97 Å². The maximum absolute atomic E-state index is 11.0. The summed E-state index contributed by atoms with van der Waals surface area (Å²) >= 11 is 0. The van der Waals surface area contributed by atoms with Gasteiger partial charge < -0.3 is 9.84 Å². The highest BCUT2D eigenvalue weighted by atomic mass is 16.5. The fraction of sp³-hybridized carbons (Fsp3) is 0.917. The SMILES string of the molecule is CCOC(C)(C)CCN1CCCC1C(=O)O. The Bertz CT molecular complexity index is 240. The van der Waals surface area contributed by atoms with Gasteiger partial charge in [0.1, 0.15) is 6.04 Å². The van der Waals surface area contributed by atoms with Crippen molar-refractivity contribution < 1.29 is 14.6 Å². The van der Waals surface area contributed by atoms with E-state index in [1.54, 1.807) is 0 Å². The molecule has 4 nitrogen and oxygen atoms in total. The Kier molecular flexibility index (Phi) is 4.74. The predicted octanol–water partition coefficient (Wildman–Crippen LogP) is 1.74. The molecular weight excluding hydrogens is 206 g/mol. The van der Waals surface area contributed by atoms with Gasteiger partial charge in [-0.2, -0.15) is 0 Å². The molecule has 4 heteroatoms. The highest BCUT2D eigenvalue weighted by Gasteiger charge is 2.31. The smallest absolute Gasteiger partial charge is 0.320 e. The zero-order chi connectivity index (χ0) is 12.2. The monoisotopic (exact) mass is 229 g/mol. The zero-order valence-corrected chi connectivity index (χ0v) is 10.5. The largest absolute Gasteiger partial charge is 0.480 e. The summed E-state index contributed by atoms with van der Waals surface area (Å²) in [6.45, 7) is 8.51. The van der Waals surface area contributed by atoms with Crippen molar-refractivity contribution in [2.24, 2.45) is 0 Å². The van der Waals surface area contributed by atoms with Crippen LogP contribution < -0.4 is 0 Å². The summed E-state index contributed by atoms with van der Waals surface area (Å²) in [5.74, 6) is -0.688. The summed E-state index contributed by atoms with van der Waals surface area (Å²) in [6.07, 6.45) is 2.65. The molecule has 16 heavy (non-hydrogen) atoms. The quantitative estimate of drug-likeness (QED) is 0.753. The average Bonchev–Trinajstić information content (AvgIpc) is 2.62. The van der Waals surface area contributed by atoms with Gasteiger partial charge in [-0.15, -0.1) is 0 Å². The van der Waals surface area contributed by atoms with Gasteiger partial charge in [0.25, 0.3) is 0 Å². The lowest BCUT2D eigenvalue weighted by Gasteiger charge is -2.29. The number of carboxylic acids is 1. The molecule has 1 heterocycles. The van der Waals surface area contributed by atoms with Crippen LogP contribution in [0.4, 0.5) is 0 Å². The molecule has 94 valence electrons. The predicted molar refractivity (Wildman–Crippen MR) is 62.6 cm³/mol. The number of aliphatic carboxylic acids is 1. The molecule has 1 aliphatic heterocycles. The van der Waals surface area contributed by atoms with E-state index in [1.807, 2.05) is 6.92 Å². The lowest BCUT2D eigenvalue weighted by molar-refractivity contribution is -0.142. The Balaban J connectivity index is 2.39. The van der Waals surface area contributed by atoms with Crippen LogP contribution in [-0.2, 0) is 9.53 Å².